The van der Waals surface area contributed by atoms with Gasteiger partial charge >= 0.3 is 5.97 Å². The van der Waals surface area contributed by atoms with Gasteiger partial charge in [-0.1, -0.05) is 54.1 Å². The number of carbonyl (C=O) groups is 3. The molecule has 1 heterocycles. The average molecular weight is 515 g/mol. The number of aryl methyl sites for hydroxylation is 1. The molecule has 6 nitrogen and oxygen atoms in total. The topological polar surface area (TPSA) is 75.7 Å². The number of hydrogen-bond donors (Lipinski definition) is 1. The molecule has 4 rings (SSSR count). The number of halogens is 1. The number of hydrogen-bond acceptors (Lipinski definition) is 4. The quantitative estimate of drug-likeness (QED) is 0.408. The molecule has 0 aromatic heterocycles. The van der Waals surface area contributed by atoms with Crippen molar-refractivity contribution in [3.05, 3.63) is 118 Å². The van der Waals surface area contributed by atoms with Crippen LogP contribution in [-0.2, 0) is 27.4 Å². The van der Waals surface area contributed by atoms with Crippen LogP contribution >= 0.6 is 0 Å². The molecule has 0 aliphatic carbocycles. The van der Waals surface area contributed by atoms with Crippen molar-refractivity contribution >= 4 is 17.8 Å². The van der Waals surface area contributed by atoms with Gasteiger partial charge in [-0.2, -0.15) is 0 Å². The summed E-state index contributed by atoms with van der Waals surface area (Å²) >= 11 is 0. The van der Waals surface area contributed by atoms with Gasteiger partial charge in [-0.05, 0) is 61.7 Å². The third-order valence-electron chi connectivity index (χ3n) is 6.72. The van der Waals surface area contributed by atoms with E-state index in [1.54, 1.807) is 55.1 Å². The lowest BCUT2D eigenvalue weighted by Crippen LogP contribution is -2.38. The summed E-state index contributed by atoms with van der Waals surface area (Å²) in [6.45, 7) is 6.33. The van der Waals surface area contributed by atoms with E-state index in [1.165, 1.54) is 12.1 Å². The molecular formula is C31H31FN2O4. The Kier molecular flexibility index (Phi) is 8.36. The van der Waals surface area contributed by atoms with Crippen LogP contribution in [0.5, 0.6) is 0 Å². The maximum atomic E-state index is 13.3. The van der Waals surface area contributed by atoms with E-state index < -0.39 is 5.97 Å². The van der Waals surface area contributed by atoms with Gasteiger partial charge in [0, 0.05) is 30.1 Å². The number of nitrogens with one attached hydrogen (secondary N) is 1. The Hall–Kier alpha value is -4.26. The third-order valence-corrected chi connectivity index (χ3v) is 6.72. The molecule has 7 heteroatoms. The molecule has 3 aromatic rings. The maximum absolute atomic E-state index is 13.3. The van der Waals surface area contributed by atoms with E-state index in [-0.39, 0.29) is 49.7 Å². The highest BCUT2D eigenvalue weighted by Gasteiger charge is 2.36. The summed E-state index contributed by atoms with van der Waals surface area (Å²) in [4.78, 5) is 40.4. The van der Waals surface area contributed by atoms with Gasteiger partial charge in [0.15, 0.2) is 0 Å². The lowest BCUT2D eigenvalue weighted by Gasteiger charge is -2.34. The van der Waals surface area contributed by atoms with E-state index in [9.17, 15) is 18.8 Å². The van der Waals surface area contributed by atoms with Gasteiger partial charge in [0.25, 0.3) is 5.91 Å². The molecule has 1 N–H and O–H groups in total. The van der Waals surface area contributed by atoms with Crippen molar-refractivity contribution in [2.45, 2.75) is 46.2 Å². The van der Waals surface area contributed by atoms with Crippen LogP contribution in [-0.4, -0.2) is 29.3 Å². The predicted octanol–water partition coefficient (Wildman–Crippen LogP) is 5.42. The smallest absolute Gasteiger partial charge is 0.336 e. The fourth-order valence-electron chi connectivity index (χ4n) is 4.59. The number of amides is 2. The molecule has 0 spiro atoms. The minimum atomic E-state index is -0.416. The van der Waals surface area contributed by atoms with Gasteiger partial charge in [0.1, 0.15) is 5.82 Å². The zero-order valence-corrected chi connectivity index (χ0v) is 21.8. The van der Waals surface area contributed by atoms with Gasteiger partial charge in [0.2, 0.25) is 5.91 Å². The largest absolute Gasteiger partial charge is 0.463 e. The number of carbonyl (C=O) groups excluding carboxylic acids is 3. The molecule has 1 atom stereocenters. The molecule has 0 radical (unpaired) electrons. The molecule has 0 fully saturated rings. The van der Waals surface area contributed by atoms with E-state index in [0.29, 0.717) is 16.8 Å². The highest BCUT2D eigenvalue weighted by Crippen LogP contribution is 2.37. The van der Waals surface area contributed by atoms with Gasteiger partial charge in [-0.3, -0.25) is 9.59 Å². The summed E-state index contributed by atoms with van der Waals surface area (Å²) in [5.41, 5.74) is 5.16. The fourth-order valence-corrected chi connectivity index (χ4v) is 4.59. The van der Waals surface area contributed by atoms with E-state index in [2.05, 4.69) is 5.32 Å². The Bertz CT molecular complexity index is 1350. The van der Waals surface area contributed by atoms with Gasteiger partial charge < -0.3 is 15.0 Å². The van der Waals surface area contributed by atoms with Crippen LogP contribution in [0, 0.1) is 12.7 Å². The van der Waals surface area contributed by atoms with Gasteiger partial charge in [0.05, 0.1) is 18.7 Å². The molecule has 0 saturated carbocycles. The number of ether oxygens (including phenoxy) is 1. The van der Waals surface area contributed by atoms with Gasteiger partial charge in [-0.25, -0.2) is 9.18 Å². The van der Waals surface area contributed by atoms with Crippen molar-refractivity contribution in [1.82, 2.24) is 10.2 Å². The van der Waals surface area contributed by atoms with E-state index in [1.807, 2.05) is 31.2 Å². The highest BCUT2D eigenvalue weighted by atomic mass is 19.1. The summed E-state index contributed by atoms with van der Waals surface area (Å²) in [7, 11) is 0. The minimum Gasteiger partial charge on any atom is -0.463 e. The van der Waals surface area contributed by atoms with Crippen molar-refractivity contribution in [1.29, 1.82) is 0 Å². The molecule has 1 aliphatic rings. The van der Waals surface area contributed by atoms with Crippen molar-refractivity contribution in [3.8, 4) is 0 Å². The monoisotopic (exact) mass is 514 g/mol. The van der Waals surface area contributed by atoms with Crippen LogP contribution in [0.2, 0.25) is 0 Å². The zero-order valence-electron chi connectivity index (χ0n) is 21.8. The number of esters is 1. The van der Waals surface area contributed by atoms with Crippen molar-refractivity contribution in [2.75, 3.05) is 6.61 Å². The summed E-state index contributed by atoms with van der Waals surface area (Å²) in [6, 6.07) is 20.8. The highest BCUT2D eigenvalue weighted by molar-refractivity contribution is 5.96. The van der Waals surface area contributed by atoms with E-state index >= 15 is 0 Å². The Morgan fingerprint density at radius 1 is 0.947 bits per heavy atom. The van der Waals surface area contributed by atoms with E-state index in [0.717, 1.165) is 22.3 Å². The maximum Gasteiger partial charge on any atom is 0.336 e. The van der Waals surface area contributed by atoms with Crippen LogP contribution in [0.4, 0.5) is 4.39 Å². The minimum absolute atomic E-state index is 0.0813. The van der Waals surface area contributed by atoms with Crippen LogP contribution in [0.25, 0.3) is 0 Å². The first kappa shape index (κ1) is 26.8. The molecule has 2 amide bonds. The van der Waals surface area contributed by atoms with Crippen LogP contribution in [0.3, 0.4) is 0 Å². The molecule has 38 heavy (non-hydrogen) atoms. The Labute approximate surface area is 222 Å². The standard InChI is InChI=1S/C31H31FN2O4/c1-4-38-31(37)29-21(3)34(28(35)17-27(29)24-11-5-20(2)6-12-24)19-23-7-13-25(14-8-23)30(36)33-18-22-9-15-26(32)16-10-22/h5-16,27H,4,17-19H2,1-3H3,(H,33,36)/t27-/m1/s1. The molecule has 0 unspecified atom stereocenters. The van der Waals surface area contributed by atoms with Crippen LogP contribution in [0.1, 0.15) is 58.8 Å². The molecule has 0 saturated heterocycles. The Morgan fingerprint density at radius 3 is 2.21 bits per heavy atom. The zero-order chi connectivity index (χ0) is 27.2. The number of allylic oxidation sites excluding steroid dienone is 1. The Morgan fingerprint density at radius 2 is 1.58 bits per heavy atom. The average Bonchev–Trinajstić information content (AvgIpc) is 2.91. The first-order valence-corrected chi connectivity index (χ1v) is 12.6. The summed E-state index contributed by atoms with van der Waals surface area (Å²) in [5.74, 6) is -1.45. The lowest BCUT2D eigenvalue weighted by atomic mass is 9.83. The summed E-state index contributed by atoms with van der Waals surface area (Å²) < 4.78 is 18.4. The molecule has 3 aromatic carbocycles. The van der Waals surface area contributed by atoms with Crippen LogP contribution in [0.15, 0.2) is 84.1 Å². The first-order valence-electron chi connectivity index (χ1n) is 12.6. The second-order valence-corrected chi connectivity index (χ2v) is 9.37. The number of rotatable bonds is 8. The van der Waals surface area contributed by atoms with Crippen LogP contribution < -0.4 is 5.32 Å². The van der Waals surface area contributed by atoms with Crippen molar-refractivity contribution in [2.24, 2.45) is 0 Å². The van der Waals surface area contributed by atoms with Crippen molar-refractivity contribution < 1.29 is 23.5 Å². The molecular weight excluding hydrogens is 483 g/mol. The van der Waals surface area contributed by atoms with Crippen molar-refractivity contribution in [3.63, 3.8) is 0 Å². The SMILES string of the molecule is CCOC(=O)C1=C(C)N(Cc2ccc(C(=O)NCc3ccc(F)cc3)cc2)C(=O)C[C@@H]1c1ccc(C)cc1. The summed E-state index contributed by atoms with van der Waals surface area (Å²) in [5, 5.41) is 2.82. The first-order chi connectivity index (χ1) is 18.3. The second-order valence-electron chi connectivity index (χ2n) is 9.37. The molecule has 0 bridgehead atoms. The van der Waals surface area contributed by atoms with Gasteiger partial charge in [-0.15, -0.1) is 0 Å². The fraction of sp³-hybridized carbons (Fsp3) is 0.258. The normalized spacial score (nSPS) is 15.4. The summed E-state index contributed by atoms with van der Waals surface area (Å²) in [6.07, 6.45) is 0.165. The third kappa shape index (κ3) is 6.17. The predicted molar refractivity (Wildman–Crippen MR) is 142 cm³/mol. The molecule has 1 aliphatic heterocycles. The second kappa shape index (κ2) is 11.9. The number of benzene rings is 3. The lowest BCUT2D eigenvalue weighted by molar-refractivity contribution is -0.140. The number of nitrogens with zero attached hydrogens (tertiary/aromatic N) is 1. The van der Waals surface area contributed by atoms with E-state index in [4.69, 9.17) is 4.74 Å². The molecule has 196 valence electrons. The Balaban J connectivity index is 1.50.